The second kappa shape index (κ2) is 5.27. The van der Waals surface area contributed by atoms with Gasteiger partial charge in [-0.2, -0.15) is 0 Å². The van der Waals surface area contributed by atoms with E-state index in [1.165, 1.54) is 26.2 Å². The summed E-state index contributed by atoms with van der Waals surface area (Å²) in [6.07, 6.45) is 0. The summed E-state index contributed by atoms with van der Waals surface area (Å²) < 4.78 is 4.83. The van der Waals surface area contributed by atoms with Gasteiger partial charge in [0.15, 0.2) is 17.3 Å². The minimum absolute atomic E-state index is 0. The van der Waals surface area contributed by atoms with E-state index < -0.39 is 0 Å². The van der Waals surface area contributed by atoms with Crippen molar-refractivity contribution in [2.45, 2.75) is 6.92 Å². The molecule has 0 amide bonds. The van der Waals surface area contributed by atoms with Crippen molar-refractivity contribution in [3.05, 3.63) is 23.8 Å². The fourth-order valence-electron chi connectivity index (χ4n) is 0.897. The first-order valence-electron chi connectivity index (χ1n) is 3.53. The summed E-state index contributed by atoms with van der Waals surface area (Å²) >= 11 is 0. The molecule has 0 heterocycles. The van der Waals surface area contributed by atoms with Crippen LogP contribution in [0.5, 0.6) is 11.5 Å². The Kier molecular flexibility index (Phi) is 5.06. The Morgan fingerprint density at radius 2 is 2.15 bits per heavy atom. The number of Topliss-reactive ketones (excluding diaryl/α,β-unsaturated/α-hetero) is 1. The molecule has 0 saturated carbocycles. The van der Waals surface area contributed by atoms with E-state index in [2.05, 4.69) is 0 Å². The summed E-state index contributed by atoms with van der Waals surface area (Å²) in [5.41, 5.74) is 0.532. The smallest absolute Gasteiger partial charge is 1.00 e. The van der Waals surface area contributed by atoms with Crippen LogP contribution >= 0.6 is 0 Å². The molecule has 0 atom stereocenters. The van der Waals surface area contributed by atoms with Gasteiger partial charge in [0.2, 0.25) is 0 Å². The average molecular weight is 190 g/mol. The number of hydrogen-bond acceptors (Lipinski definition) is 3. The van der Waals surface area contributed by atoms with Gasteiger partial charge in [0, 0.05) is 5.56 Å². The van der Waals surface area contributed by atoms with Crippen LogP contribution < -0.4 is 34.3 Å². The second-order valence-corrected chi connectivity index (χ2v) is 2.44. The van der Waals surface area contributed by atoms with E-state index in [-0.39, 0.29) is 42.5 Å². The molecule has 4 heteroatoms. The van der Waals surface area contributed by atoms with Crippen molar-refractivity contribution in [2.24, 2.45) is 0 Å². The van der Waals surface area contributed by atoms with Gasteiger partial charge in [0.1, 0.15) is 0 Å². The normalized spacial score (nSPS) is 8.77. The van der Waals surface area contributed by atoms with Gasteiger partial charge >= 0.3 is 29.6 Å². The molecule has 0 aliphatic carbocycles. The second-order valence-electron chi connectivity index (χ2n) is 2.44. The molecular weight excluding hydrogens is 179 g/mol. The number of phenolic OH excluding ortho intramolecular Hbond substituents is 1. The zero-order valence-electron chi connectivity index (χ0n) is 9.00. The van der Waals surface area contributed by atoms with Crippen molar-refractivity contribution >= 4 is 5.78 Å². The maximum Gasteiger partial charge on any atom is 1.00 e. The molecule has 0 aliphatic rings. The number of hydrogen-bond donors (Lipinski definition) is 1. The van der Waals surface area contributed by atoms with Gasteiger partial charge in [-0.05, 0) is 25.1 Å². The van der Waals surface area contributed by atoms with Crippen molar-refractivity contribution in [1.29, 1.82) is 0 Å². The Balaban J connectivity index is 0. The molecule has 0 saturated heterocycles. The van der Waals surface area contributed by atoms with Gasteiger partial charge in [0.05, 0.1) is 7.11 Å². The van der Waals surface area contributed by atoms with Crippen LogP contribution in [0.15, 0.2) is 18.2 Å². The zero-order chi connectivity index (χ0) is 9.14. The van der Waals surface area contributed by atoms with Crippen LogP contribution in [0, 0.1) is 0 Å². The quantitative estimate of drug-likeness (QED) is 0.466. The fraction of sp³-hybridized carbons (Fsp3) is 0.222. The molecule has 0 aliphatic heterocycles. The minimum Gasteiger partial charge on any atom is -1.00 e. The monoisotopic (exact) mass is 190 g/mol. The molecule has 1 N–H and O–H groups in total. The number of rotatable bonds is 2. The molecular formula is C9H11NaO3. The van der Waals surface area contributed by atoms with Gasteiger partial charge in [-0.15, -0.1) is 0 Å². The summed E-state index contributed by atoms with van der Waals surface area (Å²) in [6.45, 7) is 1.46. The Morgan fingerprint density at radius 3 is 2.62 bits per heavy atom. The van der Waals surface area contributed by atoms with E-state index in [4.69, 9.17) is 4.74 Å². The van der Waals surface area contributed by atoms with Crippen molar-refractivity contribution in [1.82, 2.24) is 0 Å². The number of phenols is 1. The Morgan fingerprint density at radius 1 is 1.54 bits per heavy atom. The number of methoxy groups -OCH3 is 1. The van der Waals surface area contributed by atoms with E-state index in [9.17, 15) is 9.90 Å². The summed E-state index contributed by atoms with van der Waals surface area (Å²) in [6, 6.07) is 4.51. The third-order valence-electron chi connectivity index (χ3n) is 1.59. The Hall–Kier alpha value is -0.510. The van der Waals surface area contributed by atoms with E-state index >= 15 is 0 Å². The van der Waals surface area contributed by atoms with Gasteiger partial charge in [0.25, 0.3) is 0 Å². The van der Waals surface area contributed by atoms with Crippen molar-refractivity contribution in [2.75, 3.05) is 7.11 Å². The number of carbonyl (C=O) groups excluding carboxylic acids is 1. The van der Waals surface area contributed by atoms with Crippen LogP contribution in [0.3, 0.4) is 0 Å². The molecule has 0 aromatic heterocycles. The largest absolute Gasteiger partial charge is 1.00 e. The molecule has 3 nitrogen and oxygen atoms in total. The van der Waals surface area contributed by atoms with Crippen LogP contribution in [0.1, 0.15) is 18.7 Å². The maximum atomic E-state index is 10.9. The molecule has 66 valence electrons. The summed E-state index contributed by atoms with van der Waals surface area (Å²) in [5, 5.41) is 9.18. The zero-order valence-corrected chi connectivity index (χ0v) is 10.00. The standard InChI is InChI=1S/C9H10O3.Na.H/c1-6(10)7-3-4-8(11)9(5-7)12-2;;/h3-5,11H,1-2H3;;/q;+1;-1. The van der Waals surface area contributed by atoms with Gasteiger partial charge < -0.3 is 11.3 Å². The first kappa shape index (κ1) is 12.5. The molecule has 0 radical (unpaired) electrons. The van der Waals surface area contributed by atoms with Gasteiger partial charge in [-0.3, -0.25) is 4.79 Å². The van der Waals surface area contributed by atoms with Crippen LogP contribution in [-0.2, 0) is 0 Å². The molecule has 0 bridgehead atoms. The van der Waals surface area contributed by atoms with Crippen molar-refractivity contribution < 1.29 is 45.6 Å². The van der Waals surface area contributed by atoms with Crippen LogP contribution in [0.2, 0.25) is 0 Å². The van der Waals surface area contributed by atoms with E-state index in [1.807, 2.05) is 0 Å². The van der Waals surface area contributed by atoms with Crippen LogP contribution in [0.25, 0.3) is 0 Å². The third-order valence-corrected chi connectivity index (χ3v) is 1.59. The summed E-state index contributed by atoms with van der Waals surface area (Å²) in [7, 11) is 1.44. The number of ketones is 1. The summed E-state index contributed by atoms with van der Waals surface area (Å²) in [5.74, 6) is 0.318. The first-order chi connectivity index (χ1) is 5.65. The Labute approximate surface area is 100 Å². The van der Waals surface area contributed by atoms with Gasteiger partial charge in [-0.25, -0.2) is 0 Å². The van der Waals surface area contributed by atoms with Crippen LogP contribution in [-0.4, -0.2) is 18.0 Å². The maximum absolute atomic E-state index is 10.9. The molecule has 0 spiro atoms. The van der Waals surface area contributed by atoms with Crippen molar-refractivity contribution in [3.8, 4) is 11.5 Å². The van der Waals surface area contributed by atoms with Crippen LogP contribution in [0.4, 0.5) is 0 Å². The van der Waals surface area contributed by atoms with Gasteiger partial charge in [-0.1, -0.05) is 0 Å². The molecule has 1 rings (SSSR count). The Bertz CT molecular complexity index is 315. The number of carbonyl (C=O) groups is 1. The third kappa shape index (κ3) is 3.03. The molecule has 0 fully saturated rings. The molecule has 1 aromatic carbocycles. The summed E-state index contributed by atoms with van der Waals surface area (Å²) in [4.78, 5) is 10.9. The number of aromatic hydroxyl groups is 1. The predicted molar refractivity (Wildman–Crippen MR) is 45.8 cm³/mol. The number of benzene rings is 1. The SMILES string of the molecule is COc1cc(C(C)=O)ccc1O.[H-].[Na+]. The van der Waals surface area contributed by atoms with Crippen molar-refractivity contribution in [3.63, 3.8) is 0 Å². The molecule has 1 aromatic rings. The number of ether oxygens (including phenoxy) is 1. The average Bonchev–Trinajstić information content (AvgIpc) is 2.05. The fourth-order valence-corrected chi connectivity index (χ4v) is 0.897. The van der Waals surface area contributed by atoms with E-state index in [0.29, 0.717) is 11.3 Å². The first-order valence-corrected chi connectivity index (χ1v) is 3.53. The molecule has 0 unspecified atom stereocenters. The minimum atomic E-state index is -0.0479. The van der Waals surface area contributed by atoms with E-state index in [1.54, 1.807) is 6.07 Å². The molecule has 13 heavy (non-hydrogen) atoms. The predicted octanol–water partition coefficient (Wildman–Crippen LogP) is -1.28. The van der Waals surface area contributed by atoms with E-state index in [0.717, 1.165) is 0 Å². The topological polar surface area (TPSA) is 46.5 Å².